The number of rotatable bonds is 6. The Morgan fingerprint density at radius 3 is 2.64 bits per heavy atom. The molecule has 1 N–H and O–H groups in total. The molecule has 4 aromatic rings. The van der Waals surface area contributed by atoms with Gasteiger partial charge in [-0.05, 0) is 24.6 Å². The number of carbonyl (C=O) groups excluding carboxylic acids is 1. The number of benzene rings is 2. The minimum absolute atomic E-state index is 0.0709. The van der Waals surface area contributed by atoms with Gasteiger partial charge in [-0.2, -0.15) is 0 Å². The molecule has 0 aliphatic rings. The molecule has 0 bridgehead atoms. The molecule has 0 aliphatic heterocycles. The molecule has 6 heteroatoms. The van der Waals surface area contributed by atoms with Crippen molar-refractivity contribution in [3.05, 3.63) is 71.6 Å². The molecule has 0 aliphatic carbocycles. The highest BCUT2D eigenvalue weighted by Crippen LogP contribution is 2.27. The Bertz CT molecular complexity index is 1110. The second-order valence-electron chi connectivity index (χ2n) is 6.79. The van der Waals surface area contributed by atoms with Gasteiger partial charge in [-0.25, -0.2) is 0 Å². The summed E-state index contributed by atoms with van der Waals surface area (Å²) in [6.07, 6.45) is 0.671. The SMILES string of the molecule is CCc1nnc(-c2cc3ccccc3n2CC(=O)NCc2ccc(C)cc2)o1. The van der Waals surface area contributed by atoms with Crippen LogP contribution in [-0.2, 0) is 24.3 Å². The van der Waals surface area contributed by atoms with E-state index in [1.54, 1.807) is 0 Å². The molecule has 0 saturated heterocycles. The molecule has 0 spiro atoms. The van der Waals surface area contributed by atoms with Gasteiger partial charge in [0.1, 0.15) is 12.2 Å². The molecule has 0 saturated carbocycles. The number of hydrogen-bond acceptors (Lipinski definition) is 4. The molecule has 2 aromatic carbocycles. The number of nitrogens with zero attached hydrogens (tertiary/aromatic N) is 3. The lowest BCUT2D eigenvalue weighted by molar-refractivity contribution is -0.121. The van der Waals surface area contributed by atoms with Crippen molar-refractivity contribution >= 4 is 16.8 Å². The lowest BCUT2D eigenvalue weighted by Gasteiger charge is -2.10. The average molecular weight is 374 g/mol. The van der Waals surface area contributed by atoms with Gasteiger partial charge in [0, 0.05) is 23.9 Å². The molecule has 2 heterocycles. The summed E-state index contributed by atoms with van der Waals surface area (Å²) >= 11 is 0. The molecule has 0 fully saturated rings. The van der Waals surface area contributed by atoms with Crippen LogP contribution in [0, 0.1) is 6.92 Å². The maximum absolute atomic E-state index is 12.6. The largest absolute Gasteiger partial charge is 0.419 e. The van der Waals surface area contributed by atoms with Gasteiger partial charge in [0.05, 0.1) is 0 Å². The molecule has 4 rings (SSSR count). The van der Waals surface area contributed by atoms with Crippen LogP contribution < -0.4 is 5.32 Å². The fourth-order valence-electron chi connectivity index (χ4n) is 3.16. The van der Waals surface area contributed by atoms with Gasteiger partial charge in [0.15, 0.2) is 0 Å². The van der Waals surface area contributed by atoms with E-state index in [-0.39, 0.29) is 12.5 Å². The molecular formula is C22H22N4O2. The van der Waals surface area contributed by atoms with Crippen LogP contribution in [0.15, 0.2) is 59.0 Å². The van der Waals surface area contributed by atoms with Crippen molar-refractivity contribution in [1.29, 1.82) is 0 Å². The Morgan fingerprint density at radius 1 is 1.11 bits per heavy atom. The summed E-state index contributed by atoms with van der Waals surface area (Å²) in [4.78, 5) is 12.6. The van der Waals surface area contributed by atoms with E-state index in [9.17, 15) is 4.79 Å². The van der Waals surface area contributed by atoms with E-state index in [1.165, 1.54) is 5.56 Å². The topological polar surface area (TPSA) is 73.0 Å². The minimum Gasteiger partial charge on any atom is -0.419 e. The zero-order valence-electron chi connectivity index (χ0n) is 16.0. The molecule has 6 nitrogen and oxygen atoms in total. The maximum atomic E-state index is 12.6. The predicted molar refractivity (Wildman–Crippen MR) is 108 cm³/mol. The zero-order chi connectivity index (χ0) is 19.5. The first-order chi connectivity index (χ1) is 13.6. The minimum atomic E-state index is -0.0709. The van der Waals surface area contributed by atoms with Crippen LogP contribution in [0.25, 0.3) is 22.5 Å². The number of nitrogens with one attached hydrogen (secondary N) is 1. The van der Waals surface area contributed by atoms with Crippen molar-refractivity contribution in [3.63, 3.8) is 0 Å². The van der Waals surface area contributed by atoms with Crippen molar-refractivity contribution in [2.75, 3.05) is 0 Å². The van der Waals surface area contributed by atoms with E-state index in [2.05, 4.69) is 15.5 Å². The first-order valence-corrected chi connectivity index (χ1v) is 9.37. The van der Waals surface area contributed by atoms with Crippen LogP contribution in [0.2, 0.25) is 0 Å². The number of aryl methyl sites for hydroxylation is 2. The van der Waals surface area contributed by atoms with E-state index in [0.717, 1.165) is 22.2 Å². The molecule has 0 radical (unpaired) electrons. The molecule has 28 heavy (non-hydrogen) atoms. The van der Waals surface area contributed by atoms with Crippen molar-refractivity contribution in [3.8, 4) is 11.6 Å². The highest BCUT2D eigenvalue weighted by Gasteiger charge is 2.17. The smallest absolute Gasteiger partial charge is 0.264 e. The van der Waals surface area contributed by atoms with Gasteiger partial charge in [0.2, 0.25) is 11.8 Å². The van der Waals surface area contributed by atoms with Crippen LogP contribution in [0.5, 0.6) is 0 Å². The van der Waals surface area contributed by atoms with E-state index < -0.39 is 0 Å². The second-order valence-corrected chi connectivity index (χ2v) is 6.79. The van der Waals surface area contributed by atoms with Crippen LogP contribution >= 0.6 is 0 Å². The lowest BCUT2D eigenvalue weighted by Crippen LogP contribution is -2.27. The number of aromatic nitrogens is 3. The Balaban J connectivity index is 1.59. The Kier molecular flexibility index (Phi) is 4.93. The van der Waals surface area contributed by atoms with Crippen molar-refractivity contribution in [2.24, 2.45) is 0 Å². The van der Waals surface area contributed by atoms with Gasteiger partial charge in [-0.3, -0.25) is 4.79 Å². The van der Waals surface area contributed by atoms with Crippen LogP contribution in [0.4, 0.5) is 0 Å². The third-order valence-corrected chi connectivity index (χ3v) is 4.71. The number of amides is 1. The summed E-state index contributed by atoms with van der Waals surface area (Å²) in [5.74, 6) is 0.938. The zero-order valence-corrected chi connectivity index (χ0v) is 16.0. The maximum Gasteiger partial charge on any atom is 0.264 e. The number of fused-ring (bicyclic) bond motifs is 1. The Labute approximate surface area is 163 Å². The highest BCUT2D eigenvalue weighted by atomic mass is 16.4. The summed E-state index contributed by atoms with van der Waals surface area (Å²) in [5.41, 5.74) is 3.98. The average Bonchev–Trinajstić information content (AvgIpc) is 3.32. The van der Waals surface area contributed by atoms with Crippen molar-refractivity contribution in [1.82, 2.24) is 20.1 Å². The van der Waals surface area contributed by atoms with Gasteiger partial charge < -0.3 is 14.3 Å². The molecule has 0 unspecified atom stereocenters. The van der Waals surface area contributed by atoms with Crippen molar-refractivity contribution in [2.45, 2.75) is 33.4 Å². The quantitative estimate of drug-likeness (QED) is 0.556. The number of carbonyl (C=O) groups is 1. The summed E-state index contributed by atoms with van der Waals surface area (Å²) in [5, 5.41) is 12.2. The molecule has 0 atom stereocenters. The molecule has 1 amide bonds. The van der Waals surface area contributed by atoms with E-state index in [4.69, 9.17) is 4.42 Å². The first kappa shape index (κ1) is 18.0. The summed E-state index contributed by atoms with van der Waals surface area (Å²) < 4.78 is 7.66. The number of para-hydroxylation sites is 1. The molecule has 142 valence electrons. The Morgan fingerprint density at radius 2 is 1.89 bits per heavy atom. The standard InChI is InChI=1S/C22H22N4O2/c1-3-21-24-25-22(28-21)19-12-17-6-4-5-7-18(17)26(19)14-20(27)23-13-16-10-8-15(2)9-11-16/h4-12H,3,13-14H2,1-2H3,(H,23,27). The number of hydrogen-bond donors (Lipinski definition) is 1. The molecular weight excluding hydrogens is 352 g/mol. The highest BCUT2D eigenvalue weighted by molar-refractivity contribution is 5.88. The predicted octanol–water partition coefficient (Wildman–Crippen LogP) is 3.88. The monoisotopic (exact) mass is 374 g/mol. The summed E-state index contributed by atoms with van der Waals surface area (Å²) in [7, 11) is 0. The van der Waals surface area contributed by atoms with Gasteiger partial charge in [-0.1, -0.05) is 55.0 Å². The van der Waals surface area contributed by atoms with E-state index in [1.807, 2.05) is 73.0 Å². The fourth-order valence-corrected chi connectivity index (χ4v) is 3.16. The third-order valence-electron chi connectivity index (χ3n) is 4.71. The second kappa shape index (κ2) is 7.68. The Hall–Kier alpha value is -3.41. The molecule has 2 aromatic heterocycles. The van der Waals surface area contributed by atoms with Gasteiger partial charge in [-0.15, -0.1) is 10.2 Å². The lowest BCUT2D eigenvalue weighted by atomic mass is 10.1. The van der Waals surface area contributed by atoms with Gasteiger partial charge in [0.25, 0.3) is 5.89 Å². The first-order valence-electron chi connectivity index (χ1n) is 9.37. The van der Waals surface area contributed by atoms with E-state index in [0.29, 0.717) is 24.7 Å². The van der Waals surface area contributed by atoms with Crippen LogP contribution in [0.3, 0.4) is 0 Å². The normalized spacial score (nSPS) is 11.1. The van der Waals surface area contributed by atoms with Crippen LogP contribution in [0.1, 0.15) is 23.9 Å². The van der Waals surface area contributed by atoms with E-state index >= 15 is 0 Å². The summed E-state index contributed by atoms with van der Waals surface area (Å²) in [6, 6.07) is 18.0. The van der Waals surface area contributed by atoms with Gasteiger partial charge >= 0.3 is 0 Å². The van der Waals surface area contributed by atoms with Crippen LogP contribution in [-0.4, -0.2) is 20.7 Å². The summed E-state index contributed by atoms with van der Waals surface area (Å²) in [6.45, 7) is 4.68. The third kappa shape index (κ3) is 3.67. The van der Waals surface area contributed by atoms with Crippen molar-refractivity contribution < 1.29 is 9.21 Å². The fraction of sp³-hybridized carbons (Fsp3) is 0.227.